The van der Waals surface area contributed by atoms with E-state index in [0.29, 0.717) is 6.04 Å². The molecule has 0 radical (unpaired) electrons. The molecule has 0 bridgehead atoms. The average molecular weight is 290 g/mol. The first-order valence-corrected chi connectivity index (χ1v) is 7.85. The molecule has 0 saturated heterocycles. The van der Waals surface area contributed by atoms with Crippen LogP contribution in [0.4, 0.5) is 0 Å². The van der Waals surface area contributed by atoms with E-state index in [-0.39, 0.29) is 11.9 Å². The Balaban J connectivity index is 2.10. The molecule has 0 saturated carbocycles. The number of carbonyl (C=O) groups is 1. The van der Waals surface area contributed by atoms with E-state index in [0.717, 1.165) is 25.1 Å². The summed E-state index contributed by atoms with van der Waals surface area (Å²) in [5.41, 5.74) is 2.55. The first kappa shape index (κ1) is 15.8. The van der Waals surface area contributed by atoms with Crippen molar-refractivity contribution in [3.05, 3.63) is 29.3 Å². The van der Waals surface area contributed by atoms with Gasteiger partial charge in [0.2, 0.25) is 0 Å². The Morgan fingerprint density at radius 1 is 1.38 bits per heavy atom. The highest BCUT2D eigenvalue weighted by Crippen LogP contribution is 2.37. The van der Waals surface area contributed by atoms with Crippen LogP contribution in [0.15, 0.2) is 18.2 Å². The number of hydrogen-bond donors (Lipinski definition) is 2. The van der Waals surface area contributed by atoms with Crippen LogP contribution in [-0.2, 0) is 11.2 Å². The lowest BCUT2D eigenvalue weighted by atomic mass is 10.1. The van der Waals surface area contributed by atoms with Crippen LogP contribution in [-0.4, -0.2) is 24.6 Å². The van der Waals surface area contributed by atoms with E-state index < -0.39 is 6.10 Å². The van der Waals surface area contributed by atoms with Crippen LogP contribution in [0.5, 0.6) is 5.75 Å². The molecule has 1 aromatic rings. The third-order valence-corrected chi connectivity index (χ3v) is 3.78. The molecule has 21 heavy (non-hydrogen) atoms. The zero-order valence-corrected chi connectivity index (χ0v) is 13.4. The van der Waals surface area contributed by atoms with Gasteiger partial charge in [0, 0.05) is 12.1 Å². The minimum absolute atomic E-state index is 0.0659. The Hall–Kier alpha value is -1.55. The summed E-state index contributed by atoms with van der Waals surface area (Å²) in [7, 11) is 0. The maximum absolute atomic E-state index is 12.0. The van der Waals surface area contributed by atoms with Crippen LogP contribution in [0.3, 0.4) is 0 Å². The van der Waals surface area contributed by atoms with Crippen molar-refractivity contribution in [3.8, 4) is 5.75 Å². The molecule has 4 heteroatoms. The van der Waals surface area contributed by atoms with Crippen molar-refractivity contribution in [1.82, 2.24) is 10.6 Å². The molecule has 1 amide bonds. The van der Waals surface area contributed by atoms with Crippen molar-refractivity contribution >= 4 is 5.91 Å². The van der Waals surface area contributed by atoms with E-state index >= 15 is 0 Å². The van der Waals surface area contributed by atoms with E-state index in [4.69, 9.17) is 4.74 Å². The van der Waals surface area contributed by atoms with Crippen molar-refractivity contribution < 1.29 is 9.53 Å². The summed E-state index contributed by atoms with van der Waals surface area (Å²) in [6.07, 6.45) is 1.62. The monoisotopic (exact) mass is 290 g/mol. The molecule has 0 heterocycles. The molecule has 0 fully saturated rings. The van der Waals surface area contributed by atoms with E-state index in [1.807, 2.05) is 26.0 Å². The quantitative estimate of drug-likeness (QED) is 0.846. The van der Waals surface area contributed by atoms with Gasteiger partial charge in [0.05, 0.1) is 0 Å². The number of amides is 1. The fraction of sp³-hybridized carbons (Fsp3) is 0.588. The van der Waals surface area contributed by atoms with Crippen LogP contribution in [0, 0.1) is 0 Å². The van der Waals surface area contributed by atoms with Crippen LogP contribution < -0.4 is 15.4 Å². The number of carbonyl (C=O) groups excluding carboxylic acids is 1. The second-order valence-corrected chi connectivity index (χ2v) is 5.90. The molecule has 0 spiro atoms. The van der Waals surface area contributed by atoms with Gasteiger partial charge in [-0.15, -0.1) is 0 Å². The third-order valence-electron chi connectivity index (χ3n) is 3.78. The van der Waals surface area contributed by atoms with Gasteiger partial charge in [0.1, 0.15) is 5.75 Å². The molecular weight excluding hydrogens is 264 g/mol. The minimum atomic E-state index is -0.475. The molecule has 0 aliphatic heterocycles. The highest BCUT2D eigenvalue weighted by Gasteiger charge is 2.26. The molecule has 1 aliphatic rings. The topological polar surface area (TPSA) is 50.4 Å². The number of ether oxygens (including phenoxy) is 1. The van der Waals surface area contributed by atoms with Gasteiger partial charge in [-0.05, 0) is 57.4 Å². The van der Waals surface area contributed by atoms with E-state index in [9.17, 15) is 4.79 Å². The summed E-state index contributed by atoms with van der Waals surface area (Å²) in [6.45, 7) is 8.78. The van der Waals surface area contributed by atoms with Crippen molar-refractivity contribution in [2.45, 2.75) is 58.7 Å². The summed E-state index contributed by atoms with van der Waals surface area (Å²) in [5.74, 6) is 0.781. The lowest BCUT2D eigenvalue weighted by Gasteiger charge is -2.19. The highest BCUT2D eigenvalue weighted by molar-refractivity contribution is 5.81. The first-order chi connectivity index (χ1) is 10.0. The van der Waals surface area contributed by atoms with Gasteiger partial charge in [-0.2, -0.15) is 0 Å². The number of nitrogens with one attached hydrogen (secondary N) is 2. The van der Waals surface area contributed by atoms with Gasteiger partial charge in [-0.1, -0.05) is 19.1 Å². The summed E-state index contributed by atoms with van der Waals surface area (Å²) < 4.78 is 5.91. The molecular formula is C17H26N2O2. The lowest BCUT2D eigenvalue weighted by molar-refractivity contribution is -0.127. The van der Waals surface area contributed by atoms with Crippen molar-refractivity contribution in [2.24, 2.45) is 0 Å². The molecule has 2 N–H and O–H groups in total. The lowest BCUT2D eigenvalue weighted by Crippen LogP contribution is -2.40. The second kappa shape index (κ2) is 6.94. The third kappa shape index (κ3) is 3.76. The van der Waals surface area contributed by atoms with Crippen LogP contribution >= 0.6 is 0 Å². The average Bonchev–Trinajstić information content (AvgIpc) is 2.83. The largest absolute Gasteiger partial charge is 0.481 e. The first-order valence-electron chi connectivity index (χ1n) is 7.85. The summed E-state index contributed by atoms with van der Waals surface area (Å²) in [6, 6.07) is 6.67. The highest BCUT2D eigenvalue weighted by atomic mass is 16.5. The Morgan fingerprint density at radius 3 is 2.81 bits per heavy atom. The molecule has 2 rings (SSSR count). The second-order valence-electron chi connectivity index (χ2n) is 5.90. The SMILES string of the molecule is CCNC1CCc2c(OC(C)C(=O)NC(C)C)cccc21. The van der Waals surface area contributed by atoms with Gasteiger partial charge < -0.3 is 15.4 Å². The van der Waals surface area contributed by atoms with Gasteiger partial charge in [-0.25, -0.2) is 0 Å². The van der Waals surface area contributed by atoms with Gasteiger partial charge in [-0.3, -0.25) is 4.79 Å². The molecule has 2 unspecified atom stereocenters. The van der Waals surface area contributed by atoms with Crippen molar-refractivity contribution in [1.29, 1.82) is 0 Å². The molecule has 116 valence electrons. The molecule has 1 aliphatic carbocycles. The fourth-order valence-electron chi connectivity index (χ4n) is 2.84. The maximum Gasteiger partial charge on any atom is 0.260 e. The Kier molecular flexibility index (Phi) is 5.23. The number of hydrogen-bond acceptors (Lipinski definition) is 3. The summed E-state index contributed by atoms with van der Waals surface area (Å²) in [4.78, 5) is 12.0. The van der Waals surface area contributed by atoms with Gasteiger partial charge in [0.15, 0.2) is 6.10 Å². The Labute approximate surface area is 127 Å². The number of fused-ring (bicyclic) bond motifs is 1. The van der Waals surface area contributed by atoms with E-state index in [2.05, 4.69) is 23.6 Å². The van der Waals surface area contributed by atoms with Gasteiger partial charge in [0.25, 0.3) is 5.91 Å². The van der Waals surface area contributed by atoms with Crippen LogP contribution in [0.25, 0.3) is 0 Å². The molecule has 2 atom stereocenters. The normalized spacial score (nSPS) is 18.4. The predicted molar refractivity (Wildman–Crippen MR) is 84.5 cm³/mol. The minimum Gasteiger partial charge on any atom is -0.481 e. The van der Waals surface area contributed by atoms with E-state index in [1.54, 1.807) is 6.92 Å². The van der Waals surface area contributed by atoms with Gasteiger partial charge >= 0.3 is 0 Å². The standard InChI is InChI=1S/C17H26N2O2/c1-5-18-15-10-9-14-13(15)7-6-8-16(14)21-12(4)17(20)19-11(2)3/h6-8,11-12,15,18H,5,9-10H2,1-4H3,(H,19,20). The summed E-state index contributed by atoms with van der Waals surface area (Å²) in [5, 5.41) is 6.38. The zero-order valence-electron chi connectivity index (χ0n) is 13.4. The smallest absolute Gasteiger partial charge is 0.260 e. The zero-order chi connectivity index (χ0) is 15.4. The Bertz CT molecular complexity index is 500. The van der Waals surface area contributed by atoms with Crippen molar-refractivity contribution in [2.75, 3.05) is 6.54 Å². The van der Waals surface area contributed by atoms with E-state index in [1.165, 1.54) is 11.1 Å². The van der Waals surface area contributed by atoms with Crippen LogP contribution in [0.2, 0.25) is 0 Å². The molecule has 0 aromatic heterocycles. The predicted octanol–water partition coefficient (Wildman–Crippen LogP) is 2.58. The summed E-state index contributed by atoms with van der Waals surface area (Å²) >= 11 is 0. The fourth-order valence-corrected chi connectivity index (χ4v) is 2.84. The van der Waals surface area contributed by atoms with Crippen LogP contribution in [0.1, 0.15) is 51.3 Å². The number of rotatable bonds is 6. The Morgan fingerprint density at radius 2 is 2.14 bits per heavy atom. The molecule has 1 aromatic carbocycles. The van der Waals surface area contributed by atoms with Crippen molar-refractivity contribution in [3.63, 3.8) is 0 Å². The molecule has 4 nitrogen and oxygen atoms in total. The number of benzene rings is 1. The maximum atomic E-state index is 12.0.